The summed E-state index contributed by atoms with van der Waals surface area (Å²) in [6.45, 7) is -0.998. The number of carbonyl (C=O) groups is 3. The third-order valence-corrected chi connectivity index (χ3v) is 6.54. The molecule has 0 spiro atoms. The second-order valence-electron chi connectivity index (χ2n) is 9.70. The molecule has 1 saturated heterocycles. The van der Waals surface area contributed by atoms with Crippen LogP contribution in [-0.4, -0.2) is 106 Å². The van der Waals surface area contributed by atoms with Gasteiger partial charge in [0.25, 0.3) is 0 Å². The molecule has 17 nitrogen and oxygen atoms in total. The summed E-state index contributed by atoms with van der Waals surface area (Å²) in [5, 5.41) is 98.4. The lowest BCUT2D eigenvalue weighted by Gasteiger charge is -2.42. The summed E-state index contributed by atoms with van der Waals surface area (Å²) in [5.74, 6) is -10.4. The Hall–Kier alpha value is -5.91. The maximum absolute atomic E-state index is 13.0. The molecule has 3 aromatic carbocycles. The third-order valence-electron chi connectivity index (χ3n) is 6.54. The van der Waals surface area contributed by atoms with E-state index < -0.39 is 112 Å². The van der Waals surface area contributed by atoms with E-state index in [1.54, 1.807) is 0 Å². The molecule has 1 fully saturated rings. The van der Waals surface area contributed by atoms with Crippen molar-refractivity contribution in [3.8, 4) is 46.0 Å². The van der Waals surface area contributed by atoms with Crippen LogP contribution in [0.5, 0.6) is 46.0 Å². The number of benzene rings is 3. The van der Waals surface area contributed by atoms with Gasteiger partial charge in [0.15, 0.2) is 64.3 Å². The minimum absolute atomic E-state index is 0.246. The molecule has 4 rings (SSSR count). The Bertz CT molecular complexity index is 1640. The highest BCUT2D eigenvalue weighted by atomic mass is 16.7. The normalized spacial score (nSPS) is 21.0. The predicted octanol–water partition coefficient (Wildman–Crippen LogP) is 0.417. The molecular weight excluding hydrogens is 620 g/mol. The highest BCUT2D eigenvalue weighted by molar-refractivity contribution is 5.92. The van der Waals surface area contributed by atoms with Gasteiger partial charge in [-0.25, -0.2) is 14.4 Å². The summed E-state index contributed by atoms with van der Waals surface area (Å²) in [5.41, 5.74) is -0.869. The van der Waals surface area contributed by atoms with E-state index in [1.807, 2.05) is 0 Å². The van der Waals surface area contributed by atoms with E-state index >= 15 is 0 Å². The molecule has 5 unspecified atom stereocenters. The van der Waals surface area contributed by atoms with Crippen LogP contribution in [-0.2, 0) is 23.7 Å². The minimum atomic E-state index is -2.15. The lowest BCUT2D eigenvalue weighted by atomic mass is 9.98. The second-order valence-corrected chi connectivity index (χ2v) is 9.70. The maximum atomic E-state index is 13.0. The first kappa shape index (κ1) is 33.0. The van der Waals surface area contributed by atoms with E-state index in [1.165, 1.54) is 6.07 Å². The summed E-state index contributed by atoms with van der Waals surface area (Å²) < 4.78 is 21.1. The topological polar surface area (TPSA) is 290 Å². The van der Waals surface area contributed by atoms with Crippen molar-refractivity contribution in [2.75, 3.05) is 6.61 Å². The Balaban J connectivity index is 1.63. The largest absolute Gasteiger partial charge is 0.504 e. The Morgan fingerprint density at radius 1 is 0.674 bits per heavy atom. The van der Waals surface area contributed by atoms with Gasteiger partial charge < -0.3 is 70.0 Å². The first-order valence-electron chi connectivity index (χ1n) is 13.0. The Kier molecular flexibility index (Phi) is 9.60. The molecule has 0 saturated carbocycles. The number of hydrogen-bond acceptors (Lipinski definition) is 17. The van der Waals surface area contributed by atoms with Crippen LogP contribution in [0.25, 0.3) is 6.08 Å². The molecule has 0 bridgehead atoms. The van der Waals surface area contributed by atoms with Gasteiger partial charge in [0.05, 0.1) is 17.7 Å². The number of ether oxygens (including phenoxy) is 4. The third kappa shape index (κ3) is 7.07. The SMILES string of the molecule is O=C(C=Cc1ccc(O)c(O)c1)OC1OC(CO)C(OC(=O)c2cc(O)c(O)c(O)c2)C(OC(=O)c2cc(O)c(O)c(O)c2)C1O. The van der Waals surface area contributed by atoms with Gasteiger partial charge in [0.1, 0.15) is 6.10 Å². The van der Waals surface area contributed by atoms with E-state index in [4.69, 9.17) is 18.9 Å². The molecule has 17 heteroatoms. The average Bonchev–Trinajstić information content (AvgIpc) is 3.01. The van der Waals surface area contributed by atoms with Crippen LogP contribution < -0.4 is 0 Å². The summed E-state index contributed by atoms with van der Waals surface area (Å²) >= 11 is 0. The lowest BCUT2D eigenvalue weighted by molar-refractivity contribution is -0.289. The molecule has 46 heavy (non-hydrogen) atoms. The fourth-order valence-electron chi connectivity index (χ4n) is 4.20. The van der Waals surface area contributed by atoms with Crippen LogP contribution >= 0.6 is 0 Å². The Morgan fingerprint density at radius 3 is 1.65 bits per heavy atom. The zero-order valence-electron chi connectivity index (χ0n) is 23.1. The first-order valence-corrected chi connectivity index (χ1v) is 13.0. The molecule has 0 amide bonds. The van der Waals surface area contributed by atoms with Gasteiger partial charge >= 0.3 is 17.9 Å². The number of rotatable bonds is 8. The predicted molar refractivity (Wildman–Crippen MR) is 148 cm³/mol. The summed E-state index contributed by atoms with van der Waals surface area (Å²) in [6.07, 6.45) is -7.72. The van der Waals surface area contributed by atoms with Gasteiger partial charge in [-0.3, -0.25) is 0 Å². The zero-order chi connectivity index (χ0) is 33.9. The Labute approximate surface area is 257 Å². The van der Waals surface area contributed by atoms with Crippen molar-refractivity contribution in [3.05, 3.63) is 65.2 Å². The highest BCUT2D eigenvalue weighted by Gasteiger charge is 2.51. The molecule has 10 N–H and O–H groups in total. The van der Waals surface area contributed by atoms with Gasteiger partial charge in [-0.2, -0.15) is 0 Å². The van der Waals surface area contributed by atoms with Gasteiger partial charge in [-0.05, 0) is 48.0 Å². The number of phenolic OH excluding ortho intramolecular Hbond substituents is 8. The zero-order valence-corrected chi connectivity index (χ0v) is 23.1. The molecular formula is C29H26O17. The second kappa shape index (κ2) is 13.4. The van der Waals surface area contributed by atoms with Crippen molar-refractivity contribution in [2.45, 2.75) is 30.7 Å². The summed E-state index contributed by atoms with van der Waals surface area (Å²) in [7, 11) is 0. The number of aliphatic hydroxyl groups is 2. The van der Waals surface area contributed by atoms with Gasteiger partial charge in [-0.1, -0.05) is 6.07 Å². The summed E-state index contributed by atoms with van der Waals surface area (Å²) in [6, 6.07) is 6.41. The monoisotopic (exact) mass is 646 g/mol. The quantitative estimate of drug-likeness (QED) is 0.0686. The number of carbonyl (C=O) groups excluding carboxylic acids is 3. The van der Waals surface area contributed by atoms with Crippen LogP contribution in [0.4, 0.5) is 0 Å². The van der Waals surface area contributed by atoms with Gasteiger partial charge in [0.2, 0.25) is 6.29 Å². The van der Waals surface area contributed by atoms with E-state index in [2.05, 4.69) is 0 Å². The van der Waals surface area contributed by atoms with Crippen LogP contribution in [0.1, 0.15) is 26.3 Å². The smallest absolute Gasteiger partial charge is 0.338 e. The van der Waals surface area contributed by atoms with Gasteiger partial charge in [0, 0.05) is 6.08 Å². The van der Waals surface area contributed by atoms with E-state index in [-0.39, 0.29) is 5.56 Å². The number of aromatic hydroxyl groups is 8. The Morgan fingerprint density at radius 2 is 1.17 bits per heavy atom. The molecule has 244 valence electrons. The fraction of sp³-hybridized carbons (Fsp3) is 0.207. The molecule has 1 aliphatic rings. The summed E-state index contributed by atoms with van der Waals surface area (Å²) in [4.78, 5) is 38.5. The first-order chi connectivity index (χ1) is 21.7. The molecule has 5 atom stereocenters. The fourth-order valence-corrected chi connectivity index (χ4v) is 4.20. The van der Waals surface area contributed by atoms with Crippen molar-refractivity contribution in [3.63, 3.8) is 0 Å². The standard InChI is InChI=1S/C29H26O17/c30-10-20-25(45-27(41)12-6-16(33)22(38)17(34)7-12)26(46-28(42)13-8-18(35)23(39)19(36)9-13)24(40)29(43-20)44-21(37)4-2-11-1-3-14(31)15(32)5-11/h1-9,20,24-26,29-36,38-40H,10H2. The van der Waals surface area contributed by atoms with Crippen LogP contribution in [0.3, 0.4) is 0 Å². The molecule has 0 aliphatic carbocycles. The molecule has 0 aromatic heterocycles. The van der Waals surface area contributed by atoms with Crippen LogP contribution in [0, 0.1) is 0 Å². The van der Waals surface area contributed by atoms with Crippen molar-refractivity contribution in [1.82, 2.24) is 0 Å². The number of aliphatic hydroxyl groups excluding tert-OH is 2. The van der Waals surface area contributed by atoms with Crippen molar-refractivity contribution < 1.29 is 84.4 Å². The molecule has 1 heterocycles. The van der Waals surface area contributed by atoms with Crippen molar-refractivity contribution >= 4 is 24.0 Å². The lowest BCUT2D eigenvalue weighted by Crippen LogP contribution is -2.62. The van der Waals surface area contributed by atoms with Crippen LogP contribution in [0.15, 0.2) is 48.5 Å². The van der Waals surface area contributed by atoms with E-state index in [0.717, 1.165) is 24.3 Å². The highest BCUT2D eigenvalue weighted by Crippen LogP contribution is 2.38. The molecule has 3 aromatic rings. The molecule has 1 aliphatic heterocycles. The van der Waals surface area contributed by atoms with Crippen molar-refractivity contribution in [2.24, 2.45) is 0 Å². The van der Waals surface area contributed by atoms with Crippen molar-refractivity contribution in [1.29, 1.82) is 0 Å². The molecule has 0 radical (unpaired) electrons. The number of esters is 3. The maximum Gasteiger partial charge on any atom is 0.338 e. The van der Waals surface area contributed by atoms with E-state index in [9.17, 15) is 65.4 Å². The van der Waals surface area contributed by atoms with Crippen LogP contribution in [0.2, 0.25) is 0 Å². The number of hydrogen-bond donors (Lipinski definition) is 10. The van der Waals surface area contributed by atoms with Gasteiger partial charge in [-0.15, -0.1) is 0 Å². The minimum Gasteiger partial charge on any atom is -0.504 e. The number of phenols is 8. The average molecular weight is 647 g/mol. The van der Waals surface area contributed by atoms with E-state index in [0.29, 0.717) is 24.3 Å².